The molecular weight excluding hydrogens is 328 g/mol. The molecule has 7 heteroatoms. The number of ether oxygens (including phenoxy) is 1. The van der Waals surface area contributed by atoms with E-state index in [1.807, 2.05) is 32.0 Å². The van der Waals surface area contributed by atoms with E-state index in [0.717, 1.165) is 16.8 Å². The minimum Gasteiger partial charge on any atom is -0.463 e. The number of carbonyl (C=O) groups is 3. The highest BCUT2D eigenvalue weighted by atomic mass is 32.2. The number of nitrogens with one attached hydrogen (secondary N) is 1. The first kappa shape index (κ1) is 18.1. The van der Waals surface area contributed by atoms with Crippen molar-refractivity contribution in [1.82, 2.24) is 4.90 Å². The second-order valence-corrected chi connectivity index (χ2v) is 6.37. The van der Waals surface area contributed by atoms with E-state index in [9.17, 15) is 14.4 Å². The van der Waals surface area contributed by atoms with Crippen LogP contribution >= 0.6 is 11.8 Å². The average Bonchev–Trinajstić information content (AvgIpc) is 2.84. The molecule has 1 fully saturated rings. The third-order valence-corrected chi connectivity index (χ3v) is 4.43. The van der Waals surface area contributed by atoms with Gasteiger partial charge in [-0.25, -0.2) is 4.79 Å². The average molecular weight is 348 g/mol. The molecule has 0 radical (unpaired) electrons. The predicted octanol–water partition coefficient (Wildman–Crippen LogP) is 2.22. The van der Waals surface area contributed by atoms with Crippen LogP contribution in [0.15, 0.2) is 29.3 Å². The zero-order valence-electron chi connectivity index (χ0n) is 13.9. The summed E-state index contributed by atoms with van der Waals surface area (Å²) in [5.41, 5.74) is 2.69. The zero-order chi connectivity index (χ0) is 17.7. The van der Waals surface area contributed by atoms with Gasteiger partial charge in [-0.3, -0.25) is 14.5 Å². The number of thioether (sulfide) groups is 1. The highest BCUT2D eigenvalue weighted by Gasteiger charge is 2.29. The fourth-order valence-electron chi connectivity index (χ4n) is 2.19. The van der Waals surface area contributed by atoms with Gasteiger partial charge in [0.25, 0.3) is 0 Å². The zero-order valence-corrected chi connectivity index (χ0v) is 14.7. The van der Waals surface area contributed by atoms with Gasteiger partial charge in [0, 0.05) is 5.69 Å². The lowest BCUT2D eigenvalue weighted by Crippen LogP contribution is -2.34. The van der Waals surface area contributed by atoms with Gasteiger partial charge in [-0.15, -0.1) is 0 Å². The Morgan fingerprint density at radius 1 is 1.38 bits per heavy atom. The third kappa shape index (κ3) is 4.61. The fourth-order valence-corrected chi connectivity index (χ4v) is 3.12. The molecule has 1 aliphatic rings. The number of carbonyl (C=O) groups excluding carboxylic acids is 3. The summed E-state index contributed by atoms with van der Waals surface area (Å²) in [7, 11) is 0. The van der Waals surface area contributed by atoms with Gasteiger partial charge >= 0.3 is 5.97 Å². The number of anilines is 1. The Hall–Kier alpha value is -2.28. The number of rotatable bonds is 5. The number of hydrogen-bond donors (Lipinski definition) is 1. The molecule has 0 unspecified atom stereocenters. The summed E-state index contributed by atoms with van der Waals surface area (Å²) in [5.74, 6) is -0.822. The SMILES string of the molecule is CCOC(=O)/C=C1/SCC(=O)N1CC(=O)Nc1cc(C)ccc1C. The van der Waals surface area contributed by atoms with Crippen LogP contribution in [0, 0.1) is 13.8 Å². The van der Waals surface area contributed by atoms with Gasteiger partial charge in [0.1, 0.15) is 6.54 Å². The largest absolute Gasteiger partial charge is 0.463 e. The molecule has 1 aliphatic heterocycles. The number of aryl methyl sites for hydroxylation is 2. The normalized spacial score (nSPS) is 15.7. The minimum absolute atomic E-state index is 0.134. The molecule has 6 nitrogen and oxygen atoms in total. The van der Waals surface area contributed by atoms with E-state index in [0.29, 0.717) is 5.03 Å². The van der Waals surface area contributed by atoms with E-state index in [-0.39, 0.29) is 30.7 Å². The smallest absolute Gasteiger partial charge is 0.333 e. The van der Waals surface area contributed by atoms with Crippen molar-refractivity contribution in [1.29, 1.82) is 0 Å². The quantitative estimate of drug-likeness (QED) is 0.652. The van der Waals surface area contributed by atoms with Crippen molar-refractivity contribution in [3.63, 3.8) is 0 Å². The van der Waals surface area contributed by atoms with Gasteiger partial charge in [0.05, 0.1) is 23.5 Å². The number of esters is 1. The topological polar surface area (TPSA) is 75.7 Å². The Labute approximate surface area is 145 Å². The molecule has 0 atom stereocenters. The molecule has 0 aromatic heterocycles. The monoisotopic (exact) mass is 348 g/mol. The molecule has 0 saturated carbocycles. The van der Waals surface area contributed by atoms with Gasteiger partial charge in [-0.2, -0.15) is 0 Å². The summed E-state index contributed by atoms with van der Waals surface area (Å²) < 4.78 is 4.85. The van der Waals surface area contributed by atoms with Crippen molar-refractivity contribution in [2.24, 2.45) is 0 Å². The van der Waals surface area contributed by atoms with Gasteiger partial charge in [-0.1, -0.05) is 23.9 Å². The molecular formula is C17H20N2O4S. The summed E-state index contributed by atoms with van der Waals surface area (Å²) in [4.78, 5) is 37.1. The number of hydrogen-bond acceptors (Lipinski definition) is 5. The first-order chi connectivity index (χ1) is 11.4. The molecule has 1 heterocycles. The van der Waals surface area contributed by atoms with Crippen molar-refractivity contribution < 1.29 is 19.1 Å². The molecule has 1 aromatic carbocycles. The lowest BCUT2D eigenvalue weighted by molar-refractivity contribution is -0.137. The van der Waals surface area contributed by atoms with E-state index < -0.39 is 5.97 Å². The van der Waals surface area contributed by atoms with Crippen LogP contribution in [0.3, 0.4) is 0 Å². The number of benzene rings is 1. The summed E-state index contributed by atoms with van der Waals surface area (Å²) >= 11 is 1.22. The fraction of sp³-hybridized carbons (Fsp3) is 0.353. The Bertz CT molecular complexity index is 700. The second-order valence-electron chi connectivity index (χ2n) is 5.37. The molecule has 2 amide bonds. The van der Waals surface area contributed by atoms with Crippen molar-refractivity contribution in [2.45, 2.75) is 20.8 Å². The van der Waals surface area contributed by atoms with Gasteiger partial charge in [-0.05, 0) is 38.0 Å². The van der Waals surface area contributed by atoms with Crippen LogP contribution in [0.4, 0.5) is 5.69 Å². The molecule has 2 rings (SSSR count). The lowest BCUT2D eigenvalue weighted by Gasteiger charge is -2.17. The molecule has 24 heavy (non-hydrogen) atoms. The van der Waals surface area contributed by atoms with E-state index in [4.69, 9.17) is 4.74 Å². The molecule has 1 saturated heterocycles. The lowest BCUT2D eigenvalue weighted by atomic mass is 10.1. The Morgan fingerprint density at radius 2 is 2.12 bits per heavy atom. The van der Waals surface area contributed by atoms with Crippen LogP contribution in [0.5, 0.6) is 0 Å². The summed E-state index contributed by atoms with van der Waals surface area (Å²) in [5, 5.41) is 3.25. The van der Waals surface area contributed by atoms with E-state index in [1.165, 1.54) is 22.7 Å². The second kappa shape index (κ2) is 8.01. The van der Waals surface area contributed by atoms with E-state index in [2.05, 4.69) is 5.32 Å². The minimum atomic E-state index is -0.519. The molecule has 128 valence electrons. The van der Waals surface area contributed by atoms with Crippen molar-refractivity contribution in [3.8, 4) is 0 Å². The Balaban J connectivity index is 2.07. The van der Waals surface area contributed by atoms with Crippen LogP contribution in [0.1, 0.15) is 18.1 Å². The Morgan fingerprint density at radius 3 is 2.83 bits per heavy atom. The van der Waals surface area contributed by atoms with Crippen molar-refractivity contribution in [2.75, 3.05) is 24.2 Å². The maximum atomic E-state index is 12.3. The predicted molar refractivity (Wildman–Crippen MR) is 93.4 cm³/mol. The van der Waals surface area contributed by atoms with Crippen LogP contribution in [-0.4, -0.2) is 41.6 Å². The summed E-state index contributed by atoms with van der Waals surface area (Å²) in [6.07, 6.45) is 1.25. The number of amides is 2. The standard InChI is InChI=1S/C17H20N2O4S/c1-4-23-17(22)8-16-19(15(21)10-24-16)9-14(20)18-13-7-11(2)5-6-12(13)3/h5-8H,4,9-10H2,1-3H3,(H,18,20)/b16-8+. The first-order valence-electron chi connectivity index (χ1n) is 7.59. The highest BCUT2D eigenvalue weighted by molar-refractivity contribution is 8.04. The molecule has 1 N–H and O–H groups in total. The first-order valence-corrected chi connectivity index (χ1v) is 8.58. The van der Waals surface area contributed by atoms with Crippen molar-refractivity contribution in [3.05, 3.63) is 40.4 Å². The van der Waals surface area contributed by atoms with Crippen LogP contribution in [-0.2, 0) is 19.1 Å². The van der Waals surface area contributed by atoms with Crippen LogP contribution < -0.4 is 5.32 Å². The Kier molecular flexibility index (Phi) is 6.03. The maximum Gasteiger partial charge on any atom is 0.333 e. The summed E-state index contributed by atoms with van der Waals surface area (Å²) in [6.45, 7) is 5.67. The van der Waals surface area contributed by atoms with Gasteiger partial charge in [0.2, 0.25) is 11.8 Å². The number of nitrogens with zero attached hydrogens (tertiary/aromatic N) is 1. The maximum absolute atomic E-state index is 12.3. The van der Waals surface area contributed by atoms with Crippen LogP contribution in [0.25, 0.3) is 0 Å². The summed E-state index contributed by atoms with van der Waals surface area (Å²) in [6, 6.07) is 5.77. The van der Waals surface area contributed by atoms with Crippen molar-refractivity contribution >= 4 is 35.2 Å². The molecule has 0 bridgehead atoms. The van der Waals surface area contributed by atoms with E-state index >= 15 is 0 Å². The highest BCUT2D eigenvalue weighted by Crippen LogP contribution is 2.28. The molecule has 1 aromatic rings. The van der Waals surface area contributed by atoms with E-state index in [1.54, 1.807) is 6.92 Å². The molecule has 0 spiro atoms. The van der Waals surface area contributed by atoms with Crippen LogP contribution in [0.2, 0.25) is 0 Å². The van der Waals surface area contributed by atoms with Gasteiger partial charge < -0.3 is 10.1 Å². The van der Waals surface area contributed by atoms with Gasteiger partial charge in [0.15, 0.2) is 0 Å². The molecule has 0 aliphatic carbocycles. The third-order valence-electron chi connectivity index (χ3n) is 3.41.